The normalized spacial score (nSPS) is 14.9. The number of anilines is 1. The molecule has 1 aromatic heterocycles. The van der Waals surface area contributed by atoms with Crippen molar-refractivity contribution in [2.24, 2.45) is 0 Å². The maximum atomic E-state index is 12.3. The lowest BCUT2D eigenvalue weighted by Crippen LogP contribution is -2.36. The van der Waals surface area contributed by atoms with Gasteiger partial charge in [-0.05, 0) is 24.1 Å². The molecule has 23 heavy (non-hydrogen) atoms. The van der Waals surface area contributed by atoms with Crippen LogP contribution in [-0.2, 0) is 20.7 Å². The fraction of sp³-hybridized carbons (Fsp3) is 0.353. The van der Waals surface area contributed by atoms with Gasteiger partial charge in [0.1, 0.15) is 5.58 Å². The summed E-state index contributed by atoms with van der Waals surface area (Å²) in [5.74, 6) is 0.00638. The molecule has 1 fully saturated rings. The number of hydrogen-bond acceptors (Lipinski definition) is 6. The molecule has 1 aliphatic heterocycles. The maximum absolute atomic E-state index is 12.3. The van der Waals surface area contributed by atoms with Gasteiger partial charge in [-0.2, -0.15) is 0 Å². The van der Waals surface area contributed by atoms with E-state index >= 15 is 0 Å². The van der Waals surface area contributed by atoms with Crippen LogP contribution in [0, 0.1) is 6.92 Å². The van der Waals surface area contributed by atoms with Crippen molar-refractivity contribution in [2.75, 3.05) is 31.2 Å². The van der Waals surface area contributed by atoms with Crippen LogP contribution < -0.4 is 10.3 Å². The molecule has 0 N–H and O–H groups in total. The van der Waals surface area contributed by atoms with E-state index in [2.05, 4.69) is 0 Å². The molecule has 1 saturated heterocycles. The summed E-state index contributed by atoms with van der Waals surface area (Å²) in [6.07, 6.45) is 0.320. The number of rotatable bonds is 4. The first-order valence-electron chi connectivity index (χ1n) is 7.47. The molecule has 0 bridgehead atoms. The summed E-state index contributed by atoms with van der Waals surface area (Å²) in [5, 5.41) is 0.474. The third-order valence-electron chi connectivity index (χ3n) is 4.06. The fourth-order valence-electron chi connectivity index (χ4n) is 2.74. The zero-order chi connectivity index (χ0) is 16.4. The average Bonchev–Trinajstić information content (AvgIpc) is 2.58. The second-order valence-corrected chi connectivity index (χ2v) is 5.54. The van der Waals surface area contributed by atoms with Crippen molar-refractivity contribution in [3.05, 3.63) is 39.5 Å². The van der Waals surface area contributed by atoms with Crippen molar-refractivity contribution in [3.63, 3.8) is 0 Å². The lowest BCUT2D eigenvalue weighted by molar-refractivity contribution is -0.129. The van der Waals surface area contributed by atoms with E-state index in [1.165, 1.54) is 6.07 Å². The Hall–Kier alpha value is -2.47. The first kappa shape index (κ1) is 15.4. The highest BCUT2D eigenvalue weighted by Crippen LogP contribution is 2.25. The van der Waals surface area contributed by atoms with E-state index in [0.29, 0.717) is 60.6 Å². The molecule has 0 aliphatic carbocycles. The third kappa shape index (κ3) is 3.03. The molecule has 3 rings (SSSR count). The second-order valence-electron chi connectivity index (χ2n) is 5.54. The predicted molar refractivity (Wildman–Crippen MR) is 85.0 cm³/mol. The minimum Gasteiger partial charge on any atom is -0.440 e. The molecule has 1 aromatic carbocycles. The average molecular weight is 315 g/mol. The van der Waals surface area contributed by atoms with Gasteiger partial charge in [-0.15, -0.1) is 0 Å². The Morgan fingerprint density at radius 3 is 2.74 bits per heavy atom. The fourth-order valence-corrected chi connectivity index (χ4v) is 2.74. The number of morpholine rings is 1. The van der Waals surface area contributed by atoms with Gasteiger partial charge in [-0.25, -0.2) is 0 Å². The molecule has 0 unspecified atom stereocenters. The summed E-state index contributed by atoms with van der Waals surface area (Å²) in [7, 11) is 0. The number of carbonyl (C=O) groups excluding carboxylic acids is 2. The van der Waals surface area contributed by atoms with Crippen molar-refractivity contribution in [1.82, 2.24) is 0 Å². The van der Waals surface area contributed by atoms with Crippen LogP contribution in [0.15, 0.2) is 27.4 Å². The van der Waals surface area contributed by atoms with Crippen LogP contribution in [0.3, 0.4) is 0 Å². The summed E-state index contributed by atoms with van der Waals surface area (Å²) in [6, 6.07) is 4.83. The van der Waals surface area contributed by atoms with Crippen LogP contribution in [0.5, 0.6) is 0 Å². The first-order valence-corrected chi connectivity index (χ1v) is 7.47. The quantitative estimate of drug-likeness (QED) is 0.624. The molecular weight excluding hydrogens is 298 g/mol. The van der Waals surface area contributed by atoms with Crippen LogP contribution in [-0.4, -0.2) is 38.4 Å². The SMILES string of the molecule is Cc1c(CC(=O)C=O)ccc2c(=O)cc(N3CCOCC3)oc12. The van der Waals surface area contributed by atoms with Crippen LogP contribution in [0.1, 0.15) is 11.1 Å². The Kier molecular flexibility index (Phi) is 4.25. The summed E-state index contributed by atoms with van der Waals surface area (Å²) < 4.78 is 11.2. The van der Waals surface area contributed by atoms with Gasteiger partial charge < -0.3 is 14.1 Å². The van der Waals surface area contributed by atoms with Gasteiger partial charge in [0.15, 0.2) is 23.4 Å². The predicted octanol–water partition coefficient (Wildman–Crippen LogP) is 1.25. The lowest BCUT2D eigenvalue weighted by Gasteiger charge is -2.27. The number of aldehydes is 1. The number of nitrogens with zero attached hydrogens (tertiary/aromatic N) is 1. The van der Waals surface area contributed by atoms with E-state index in [1.807, 2.05) is 4.90 Å². The topological polar surface area (TPSA) is 76.8 Å². The highest BCUT2D eigenvalue weighted by molar-refractivity contribution is 6.25. The van der Waals surface area contributed by atoms with Gasteiger partial charge in [-0.3, -0.25) is 14.4 Å². The number of ether oxygens (including phenoxy) is 1. The van der Waals surface area contributed by atoms with Crippen molar-refractivity contribution in [3.8, 4) is 0 Å². The first-order chi connectivity index (χ1) is 11.1. The molecule has 120 valence electrons. The Morgan fingerprint density at radius 1 is 1.30 bits per heavy atom. The van der Waals surface area contributed by atoms with Gasteiger partial charge in [-0.1, -0.05) is 6.07 Å². The number of Topliss-reactive ketones (excluding diaryl/α,β-unsaturated/α-hetero) is 1. The molecule has 1 aliphatic rings. The molecule has 0 atom stereocenters. The molecule has 0 spiro atoms. The Balaban J connectivity index is 2.09. The van der Waals surface area contributed by atoms with E-state index < -0.39 is 5.78 Å². The van der Waals surface area contributed by atoms with Crippen LogP contribution in [0.2, 0.25) is 0 Å². The number of fused-ring (bicyclic) bond motifs is 1. The van der Waals surface area contributed by atoms with Crippen molar-refractivity contribution in [2.45, 2.75) is 13.3 Å². The van der Waals surface area contributed by atoms with Crippen molar-refractivity contribution < 1.29 is 18.7 Å². The number of ketones is 1. The van der Waals surface area contributed by atoms with E-state index in [-0.39, 0.29) is 11.8 Å². The van der Waals surface area contributed by atoms with Gasteiger partial charge >= 0.3 is 0 Å². The molecule has 6 nitrogen and oxygen atoms in total. The monoisotopic (exact) mass is 315 g/mol. The summed E-state index contributed by atoms with van der Waals surface area (Å²) >= 11 is 0. The van der Waals surface area contributed by atoms with E-state index in [1.54, 1.807) is 19.1 Å². The smallest absolute Gasteiger partial charge is 0.200 e. The van der Waals surface area contributed by atoms with Crippen LogP contribution >= 0.6 is 0 Å². The molecule has 0 saturated carbocycles. The number of carbonyl (C=O) groups is 2. The Labute approximate surface area is 132 Å². The summed E-state index contributed by atoms with van der Waals surface area (Å²) in [4.78, 5) is 36.2. The van der Waals surface area contributed by atoms with Crippen molar-refractivity contribution >= 4 is 28.9 Å². The lowest BCUT2D eigenvalue weighted by atomic mass is 10.0. The van der Waals surface area contributed by atoms with Crippen LogP contribution in [0.25, 0.3) is 11.0 Å². The number of aryl methyl sites for hydroxylation is 1. The van der Waals surface area contributed by atoms with Gasteiger partial charge in [0, 0.05) is 25.6 Å². The molecular formula is C17H17NO5. The second kappa shape index (κ2) is 6.34. The van der Waals surface area contributed by atoms with Gasteiger partial charge in [0.05, 0.1) is 18.6 Å². The zero-order valence-corrected chi connectivity index (χ0v) is 12.8. The molecule has 2 heterocycles. The molecule has 6 heteroatoms. The standard InChI is InChI=1S/C17H17NO5/c1-11-12(8-13(20)10-19)2-3-14-15(21)9-16(23-17(11)14)18-4-6-22-7-5-18/h2-3,9-10H,4-8H2,1H3. The minimum atomic E-state index is -0.501. The Bertz CT molecular complexity index is 818. The summed E-state index contributed by atoms with van der Waals surface area (Å²) in [6.45, 7) is 4.30. The number of hydrogen-bond donors (Lipinski definition) is 0. The zero-order valence-electron chi connectivity index (χ0n) is 12.8. The van der Waals surface area contributed by atoms with E-state index in [9.17, 15) is 14.4 Å². The van der Waals surface area contributed by atoms with Crippen LogP contribution in [0.4, 0.5) is 5.88 Å². The largest absolute Gasteiger partial charge is 0.440 e. The minimum absolute atomic E-state index is 0.0107. The molecule has 2 aromatic rings. The highest BCUT2D eigenvalue weighted by atomic mass is 16.5. The molecule has 0 radical (unpaired) electrons. The molecule has 0 amide bonds. The Morgan fingerprint density at radius 2 is 2.04 bits per heavy atom. The highest BCUT2D eigenvalue weighted by Gasteiger charge is 2.17. The van der Waals surface area contributed by atoms with E-state index in [0.717, 1.165) is 0 Å². The van der Waals surface area contributed by atoms with Crippen molar-refractivity contribution in [1.29, 1.82) is 0 Å². The third-order valence-corrected chi connectivity index (χ3v) is 4.06. The summed E-state index contributed by atoms with van der Waals surface area (Å²) in [5.41, 5.74) is 1.75. The van der Waals surface area contributed by atoms with Gasteiger partial charge in [0.2, 0.25) is 0 Å². The maximum Gasteiger partial charge on any atom is 0.200 e. The van der Waals surface area contributed by atoms with E-state index in [4.69, 9.17) is 9.15 Å². The number of benzene rings is 1. The van der Waals surface area contributed by atoms with Gasteiger partial charge in [0.25, 0.3) is 0 Å².